The van der Waals surface area contributed by atoms with Crippen LogP contribution in [-0.4, -0.2) is 12.6 Å². The molecule has 0 saturated heterocycles. The van der Waals surface area contributed by atoms with Crippen LogP contribution in [0.1, 0.15) is 91.4 Å². The largest absolute Gasteiger partial charge is 0.314 e. The highest BCUT2D eigenvalue weighted by Gasteiger charge is 2.04. The van der Waals surface area contributed by atoms with Crippen LogP contribution in [0.3, 0.4) is 0 Å². The number of unbranched alkanes of at least 4 members (excludes halogenated alkanes) is 7. The minimum atomic E-state index is 0.782. The molecule has 0 aliphatic carbocycles. The molecular weight excluding hydrogens is 206 g/mol. The molecule has 1 nitrogen and oxygen atoms in total. The summed E-state index contributed by atoms with van der Waals surface area (Å²) in [6, 6.07) is 0.782. The van der Waals surface area contributed by atoms with Crippen LogP contribution in [0.15, 0.2) is 0 Å². The summed E-state index contributed by atoms with van der Waals surface area (Å²) in [5.74, 6) is 0. The van der Waals surface area contributed by atoms with Gasteiger partial charge in [-0.3, -0.25) is 0 Å². The fourth-order valence-electron chi connectivity index (χ4n) is 2.51. The molecule has 0 aromatic rings. The average molecular weight is 241 g/mol. The highest BCUT2D eigenvalue weighted by atomic mass is 14.9. The van der Waals surface area contributed by atoms with Gasteiger partial charge in [-0.05, 0) is 19.4 Å². The summed E-state index contributed by atoms with van der Waals surface area (Å²) in [5, 5.41) is 3.60. The zero-order valence-corrected chi connectivity index (χ0v) is 12.6. The third kappa shape index (κ3) is 12.2. The average Bonchev–Trinajstić information content (AvgIpc) is 2.33. The van der Waals surface area contributed by atoms with Crippen LogP contribution >= 0.6 is 0 Å². The third-order valence-electron chi connectivity index (χ3n) is 3.54. The first-order valence-corrected chi connectivity index (χ1v) is 8.08. The predicted molar refractivity (Wildman–Crippen MR) is 79.6 cm³/mol. The van der Waals surface area contributed by atoms with E-state index in [0.29, 0.717) is 0 Å². The molecule has 0 rings (SSSR count). The van der Waals surface area contributed by atoms with Gasteiger partial charge in [-0.2, -0.15) is 0 Å². The van der Waals surface area contributed by atoms with Crippen molar-refractivity contribution in [1.29, 1.82) is 0 Å². The van der Waals surface area contributed by atoms with Crippen molar-refractivity contribution in [3.05, 3.63) is 0 Å². The second kappa shape index (κ2) is 14.0. The first-order chi connectivity index (χ1) is 8.35. The van der Waals surface area contributed by atoms with Gasteiger partial charge in [-0.15, -0.1) is 0 Å². The standard InChI is InChI=1S/C16H35N/c1-4-7-8-9-10-11-12-13-15-16(14-5-2)17-6-3/h16-17H,4-15H2,1-3H3. The molecule has 1 heteroatoms. The van der Waals surface area contributed by atoms with Crippen LogP contribution in [0.5, 0.6) is 0 Å². The van der Waals surface area contributed by atoms with E-state index in [2.05, 4.69) is 26.1 Å². The highest BCUT2D eigenvalue weighted by molar-refractivity contribution is 4.65. The number of hydrogen-bond acceptors (Lipinski definition) is 1. The molecule has 104 valence electrons. The van der Waals surface area contributed by atoms with Gasteiger partial charge in [-0.1, -0.05) is 78.6 Å². The fraction of sp³-hybridized carbons (Fsp3) is 1.00. The van der Waals surface area contributed by atoms with Crippen LogP contribution in [0.4, 0.5) is 0 Å². The Labute approximate surface area is 110 Å². The molecule has 0 spiro atoms. The minimum Gasteiger partial charge on any atom is -0.314 e. The quantitative estimate of drug-likeness (QED) is 0.432. The Kier molecular flexibility index (Phi) is 14.0. The van der Waals surface area contributed by atoms with Gasteiger partial charge >= 0.3 is 0 Å². The first-order valence-electron chi connectivity index (χ1n) is 8.08. The highest BCUT2D eigenvalue weighted by Crippen LogP contribution is 2.12. The molecule has 0 saturated carbocycles. The van der Waals surface area contributed by atoms with E-state index < -0.39 is 0 Å². The zero-order chi connectivity index (χ0) is 12.8. The van der Waals surface area contributed by atoms with E-state index in [9.17, 15) is 0 Å². The lowest BCUT2D eigenvalue weighted by Crippen LogP contribution is -2.28. The molecule has 0 bridgehead atoms. The summed E-state index contributed by atoms with van der Waals surface area (Å²) in [7, 11) is 0. The number of hydrogen-bond donors (Lipinski definition) is 1. The molecule has 1 unspecified atom stereocenters. The van der Waals surface area contributed by atoms with E-state index >= 15 is 0 Å². The zero-order valence-electron chi connectivity index (χ0n) is 12.6. The Bertz CT molecular complexity index is 127. The predicted octanol–water partition coefficient (Wildman–Crippen LogP) is 5.30. The van der Waals surface area contributed by atoms with Crippen LogP contribution < -0.4 is 5.32 Å². The summed E-state index contributed by atoms with van der Waals surface area (Å²) in [6.07, 6.45) is 15.5. The van der Waals surface area contributed by atoms with Gasteiger partial charge in [0.15, 0.2) is 0 Å². The van der Waals surface area contributed by atoms with Crippen molar-refractivity contribution < 1.29 is 0 Å². The Morgan fingerprint density at radius 2 is 1.24 bits per heavy atom. The fourth-order valence-corrected chi connectivity index (χ4v) is 2.51. The molecule has 1 atom stereocenters. The molecule has 0 heterocycles. The molecule has 0 aromatic carbocycles. The van der Waals surface area contributed by atoms with Crippen molar-refractivity contribution in [2.75, 3.05) is 6.54 Å². The molecule has 0 fully saturated rings. The molecule has 1 N–H and O–H groups in total. The summed E-state index contributed by atoms with van der Waals surface area (Å²) in [5.41, 5.74) is 0. The Balaban J connectivity index is 3.23. The van der Waals surface area contributed by atoms with Crippen molar-refractivity contribution in [2.45, 2.75) is 97.4 Å². The molecule has 17 heavy (non-hydrogen) atoms. The third-order valence-corrected chi connectivity index (χ3v) is 3.54. The van der Waals surface area contributed by atoms with E-state index in [1.165, 1.54) is 70.6 Å². The summed E-state index contributed by atoms with van der Waals surface area (Å²) in [6.45, 7) is 7.92. The Hall–Kier alpha value is -0.0400. The summed E-state index contributed by atoms with van der Waals surface area (Å²) < 4.78 is 0. The maximum atomic E-state index is 3.60. The van der Waals surface area contributed by atoms with E-state index in [0.717, 1.165) is 12.6 Å². The van der Waals surface area contributed by atoms with Gasteiger partial charge in [0.05, 0.1) is 0 Å². The summed E-state index contributed by atoms with van der Waals surface area (Å²) >= 11 is 0. The van der Waals surface area contributed by atoms with Crippen molar-refractivity contribution in [2.24, 2.45) is 0 Å². The van der Waals surface area contributed by atoms with Gasteiger partial charge in [0.2, 0.25) is 0 Å². The topological polar surface area (TPSA) is 12.0 Å². The van der Waals surface area contributed by atoms with Gasteiger partial charge in [-0.25, -0.2) is 0 Å². The van der Waals surface area contributed by atoms with Crippen LogP contribution in [0.25, 0.3) is 0 Å². The van der Waals surface area contributed by atoms with Crippen molar-refractivity contribution in [1.82, 2.24) is 5.32 Å². The Morgan fingerprint density at radius 1 is 0.647 bits per heavy atom. The molecule has 0 radical (unpaired) electrons. The van der Waals surface area contributed by atoms with Gasteiger partial charge in [0, 0.05) is 6.04 Å². The maximum absolute atomic E-state index is 3.60. The van der Waals surface area contributed by atoms with Gasteiger partial charge in [0.1, 0.15) is 0 Å². The second-order valence-corrected chi connectivity index (χ2v) is 5.31. The normalized spacial score (nSPS) is 12.9. The molecular formula is C16H35N. The van der Waals surface area contributed by atoms with E-state index in [1.807, 2.05) is 0 Å². The van der Waals surface area contributed by atoms with E-state index in [4.69, 9.17) is 0 Å². The van der Waals surface area contributed by atoms with Crippen molar-refractivity contribution >= 4 is 0 Å². The molecule has 0 aromatic heterocycles. The lowest BCUT2D eigenvalue weighted by atomic mass is 10.0. The second-order valence-electron chi connectivity index (χ2n) is 5.31. The number of rotatable bonds is 13. The van der Waals surface area contributed by atoms with Crippen LogP contribution in [0.2, 0.25) is 0 Å². The van der Waals surface area contributed by atoms with Crippen LogP contribution in [-0.2, 0) is 0 Å². The molecule has 0 amide bonds. The SMILES string of the molecule is CCCCCCCCCCC(CCC)NCC. The monoisotopic (exact) mass is 241 g/mol. The van der Waals surface area contributed by atoms with Crippen molar-refractivity contribution in [3.63, 3.8) is 0 Å². The van der Waals surface area contributed by atoms with Crippen LogP contribution in [0, 0.1) is 0 Å². The van der Waals surface area contributed by atoms with Gasteiger partial charge < -0.3 is 5.32 Å². The first kappa shape index (κ1) is 17.0. The lowest BCUT2D eigenvalue weighted by molar-refractivity contribution is 0.434. The lowest BCUT2D eigenvalue weighted by Gasteiger charge is -2.16. The summed E-state index contributed by atoms with van der Waals surface area (Å²) in [4.78, 5) is 0. The van der Waals surface area contributed by atoms with E-state index in [-0.39, 0.29) is 0 Å². The molecule has 0 aliphatic rings. The van der Waals surface area contributed by atoms with Crippen molar-refractivity contribution in [3.8, 4) is 0 Å². The molecule has 0 aliphatic heterocycles. The van der Waals surface area contributed by atoms with E-state index in [1.54, 1.807) is 0 Å². The number of nitrogens with one attached hydrogen (secondary N) is 1. The Morgan fingerprint density at radius 3 is 1.76 bits per heavy atom. The minimum absolute atomic E-state index is 0.782. The smallest absolute Gasteiger partial charge is 0.00668 e. The van der Waals surface area contributed by atoms with Gasteiger partial charge in [0.25, 0.3) is 0 Å². The maximum Gasteiger partial charge on any atom is 0.00668 e.